The largest absolute Gasteiger partial charge is 0.493 e. The molecule has 3 rings (SSSR count). The number of amides is 2. The predicted molar refractivity (Wildman–Crippen MR) is 140 cm³/mol. The molecule has 0 aliphatic carbocycles. The van der Waals surface area contributed by atoms with Crippen LogP contribution in [0.3, 0.4) is 0 Å². The van der Waals surface area contributed by atoms with Gasteiger partial charge in [0.15, 0.2) is 0 Å². The molecule has 0 aliphatic rings. The molecular weight excluding hydrogens is 475 g/mol. The molecule has 0 atom stereocenters. The predicted octanol–water partition coefficient (Wildman–Crippen LogP) is 4.11. The molecule has 0 radical (unpaired) electrons. The van der Waals surface area contributed by atoms with Crippen LogP contribution in [0.1, 0.15) is 35.3 Å². The molecule has 0 aliphatic heterocycles. The fourth-order valence-corrected chi connectivity index (χ4v) is 3.34. The van der Waals surface area contributed by atoms with Gasteiger partial charge in [0.25, 0.3) is 11.8 Å². The molecule has 0 saturated heterocycles. The van der Waals surface area contributed by atoms with Crippen LogP contribution in [0.5, 0.6) is 11.5 Å². The Balaban J connectivity index is 1.64. The van der Waals surface area contributed by atoms with Gasteiger partial charge in [-0.2, -0.15) is 0 Å². The van der Waals surface area contributed by atoms with E-state index in [9.17, 15) is 14.0 Å². The van der Waals surface area contributed by atoms with E-state index in [0.717, 1.165) is 5.56 Å². The summed E-state index contributed by atoms with van der Waals surface area (Å²) >= 11 is 0. The average molecular weight is 507 g/mol. The van der Waals surface area contributed by atoms with Gasteiger partial charge >= 0.3 is 0 Å². The van der Waals surface area contributed by atoms with Crippen molar-refractivity contribution in [2.24, 2.45) is 0 Å². The van der Waals surface area contributed by atoms with E-state index in [1.807, 2.05) is 13.8 Å². The summed E-state index contributed by atoms with van der Waals surface area (Å²) in [6.45, 7) is 4.09. The van der Waals surface area contributed by atoms with Crippen LogP contribution in [0.15, 0.2) is 78.5 Å². The fraction of sp³-hybridized carbons (Fsp3) is 0.241. The van der Waals surface area contributed by atoms with Crippen molar-refractivity contribution in [2.45, 2.75) is 26.4 Å². The lowest BCUT2D eigenvalue weighted by atomic mass is 10.1. The first-order valence-corrected chi connectivity index (χ1v) is 12.0. The van der Waals surface area contributed by atoms with Gasteiger partial charge in [-0.1, -0.05) is 24.3 Å². The molecule has 2 amide bonds. The van der Waals surface area contributed by atoms with E-state index in [4.69, 9.17) is 14.6 Å². The van der Waals surface area contributed by atoms with Crippen molar-refractivity contribution in [1.29, 1.82) is 0 Å². The molecule has 7 nitrogen and oxygen atoms in total. The molecule has 0 aromatic heterocycles. The summed E-state index contributed by atoms with van der Waals surface area (Å²) in [5, 5.41) is 14.3. The average Bonchev–Trinajstić information content (AvgIpc) is 2.89. The van der Waals surface area contributed by atoms with Crippen LogP contribution in [0.4, 0.5) is 4.39 Å². The zero-order valence-electron chi connectivity index (χ0n) is 20.9. The number of nitrogens with one attached hydrogen (secondary N) is 2. The normalized spacial score (nSPS) is 11.2. The summed E-state index contributed by atoms with van der Waals surface area (Å²) < 4.78 is 24.4. The molecular formula is C29H31FN2O5. The Morgan fingerprint density at radius 1 is 0.946 bits per heavy atom. The van der Waals surface area contributed by atoms with Crippen molar-refractivity contribution in [3.63, 3.8) is 0 Å². The topological polar surface area (TPSA) is 96.9 Å². The number of hydrogen-bond acceptors (Lipinski definition) is 5. The van der Waals surface area contributed by atoms with Gasteiger partial charge < -0.3 is 25.2 Å². The van der Waals surface area contributed by atoms with Crippen LogP contribution in [-0.4, -0.2) is 42.8 Å². The van der Waals surface area contributed by atoms with E-state index in [1.165, 1.54) is 12.1 Å². The van der Waals surface area contributed by atoms with Crippen molar-refractivity contribution >= 4 is 17.9 Å². The van der Waals surface area contributed by atoms with E-state index in [0.29, 0.717) is 35.7 Å². The van der Waals surface area contributed by atoms with Crippen LogP contribution in [-0.2, 0) is 11.2 Å². The van der Waals surface area contributed by atoms with Gasteiger partial charge in [-0.3, -0.25) is 9.59 Å². The summed E-state index contributed by atoms with van der Waals surface area (Å²) in [4.78, 5) is 25.5. The highest BCUT2D eigenvalue weighted by Gasteiger charge is 2.15. The summed E-state index contributed by atoms with van der Waals surface area (Å²) in [6, 6.07) is 19.9. The standard InChI is InChI=1S/C29H31FN2O5/c1-20(2)37-26-11-5-22(6-12-26)19-27(29(35)31-16-17-33)32-28(34)23-7-13-25(14-8-23)36-18-15-21-3-9-24(30)10-4-21/h3-14,19-20,33H,15-18H2,1-2H3,(H,31,35)(H,32,34)/b27-19+. The van der Waals surface area contributed by atoms with Crippen LogP contribution in [0, 0.1) is 5.82 Å². The second-order valence-electron chi connectivity index (χ2n) is 8.48. The second kappa shape index (κ2) is 13.8. The van der Waals surface area contributed by atoms with E-state index in [2.05, 4.69) is 10.6 Å². The van der Waals surface area contributed by atoms with E-state index < -0.39 is 11.8 Å². The lowest BCUT2D eigenvalue weighted by Crippen LogP contribution is -2.36. The van der Waals surface area contributed by atoms with Crippen molar-refractivity contribution in [3.05, 3.63) is 101 Å². The lowest BCUT2D eigenvalue weighted by molar-refractivity contribution is -0.117. The third-order valence-corrected chi connectivity index (χ3v) is 5.14. The van der Waals surface area contributed by atoms with Crippen LogP contribution < -0.4 is 20.1 Å². The van der Waals surface area contributed by atoms with E-state index >= 15 is 0 Å². The third-order valence-electron chi connectivity index (χ3n) is 5.14. The van der Waals surface area contributed by atoms with Crippen LogP contribution >= 0.6 is 0 Å². The van der Waals surface area contributed by atoms with E-state index in [-0.39, 0.29) is 30.8 Å². The van der Waals surface area contributed by atoms with E-state index in [1.54, 1.807) is 66.7 Å². The number of carbonyl (C=O) groups excluding carboxylic acids is 2. The number of benzene rings is 3. The SMILES string of the molecule is CC(C)Oc1ccc(/C=C(/NC(=O)c2ccc(OCCc3ccc(F)cc3)cc2)C(=O)NCCO)cc1. The van der Waals surface area contributed by atoms with Crippen LogP contribution in [0.2, 0.25) is 0 Å². The number of halogens is 1. The fourth-order valence-electron chi connectivity index (χ4n) is 3.34. The number of ether oxygens (including phenoxy) is 2. The highest BCUT2D eigenvalue weighted by Crippen LogP contribution is 2.17. The summed E-state index contributed by atoms with van der Waals surface area (Å²) in [6.07, 6.45) is 2.20. The van der Waals surface area contributed by atoms with Gasteiger partial charge in [-0.25, -0.2) is 4.39 Å². The molecule has 8 heteroatoms. The molecule has 0 unspecified atom stereocenters. The first-order valence-electron chi connectivity index (χ1n) is 12.0. The Bertz CT molecular complexity index is 1190. The first kappa shape index (κ1) is 27.4. The summed E-state index contributed by atoms with van der Waals surface area (Å²) in [5.74, 6) is 0.00602. The monoisotopic (exact) mass is 506 g/mol. The number of aliphatic hydroxyl groups excluding tert-OH is 1. The Hall–Kier alpha value is -4.17. The zero-order valence-corrected chi connectivity index (χ0v) is 20.9. The molecule has 0 fully saturated rings. The van der Waals surface area contributed by atoms with Crippen molar-refractivity contribution in [1.82, 2.24) is 10.6 Å². The Labute approximate surface area is 215 Å². The minimum absolute atomic E-state index is 0.0343. The number of hydrogen-bond donors (Lipinski definition) is 3. The van der Waals surface area contributed by atoms with Gasteiger partial charge in [0.2, 0.25) is 0 Å². The van der Waals surface area contributed by atoms with Crippen molar-refractivity contribution in [2.75, 3.05) is 19.8 Å². The quantitative estimate of drug-likeness (QED) is 0.321. The van der Waals surface area contributed by atoms with Crippen molar-refractivity contribution < 1.29 is 28.6 Å². The van der Waals surface area contributed by atoms with Gasteiger partial charge in [0.05, 0.1) is 19.3 Å². The summed E-state index contributed by atoms with van der Waals surface area (Å²) in [7, 11) is 0. The maximum atomic E-state index is 13.0. The molecule has 0 bridgehead atoms. The molecule has 0 heterocycles. The van der Waals surface area contributed by atoms with Crippen LogP contribution in [0.25, 0.3) is 6.08 Å². The highest BCUT2D eigenvalue weighted by atomic mass is 19.1. The van der Waals surface area contributed by atoms with Gasteiger partial charge in [-0.05, 0) is 79.6 Å². The molecule has 37 heavy (non-hydrogen) atoms. The number of aliphatic hydroxyl groups is 1. The molecule has 0 saturated carbocycles. The van der Waals surface area contributed by atoms with Gasteiger partial charge in [-0.15, -0.1) is 0 Å². The Kier molecular flexibility index (Phi) is 10.2. The minimum atomic E-state index is -0.523. The highest BCUT2D eigenvalue weighted by molar-refractivity contribution is 6.05. The zero-order chi connectivity index (χ0) is 26.6. The number of rotatable bonds is 12. The second-order valence-corrected chi connectivity index (χ2v) is 8.48. The Morgan fingerprint density at radius 2 is 1.59 bits per heavy atom. The molecule has 0 spiro atoms. The first-order chi connectivity index (χ1) is 17.8. The maximum absolute atomic E-state index is 13.0. The molecule has 3 aromatic carbocycles. The minimum Gasteiger partial charge on any atom is -0.493 e. The van der Waals surface area contributed by atoms with Gasteiger partial charge in [0.1, 0.15) is 23.0 Å². The molecule has 3 N–H and O–H groups in total. The molecule has 194 valence electrons. The van der Waals surface area contributed by atoms with Crippen molar-refractivity contribution in [3.8, 4) is 11.5 Å². The molecule has 3 aromatic rings. The smallest absolute Gasteiger partial charge is 0.267 e. The Morgan fingerprint density at radius 3 is 2.22 bits per heavy atom. The number of carbonyl (C=O) groups is 2. The maximum Gasteiger partial charge on any atom is 0.267 e. The lowest BCUT2D eigenvalue weighted by Gasteiger charge is -2.12. The third kappa shape index (κ3) is 9.09. The van der Waals surface area contributed by atoms with Gasteiger partial charge in [0, 0.05) is 18.5 Å². The summed E-state index contributed by atoms with van der Waals surface area (Å²) in [5.41, 5.74) is 2.02.